The highest BCUT2D eigenvalue weighted by Crippen LogP contribution is 2.22. The number of ketones is 1. The third kappa shape index (κ3) is 2.59. The van der Waals surface area contributed by atoms with Gasteiger partial charge in [0.2, 0.25) is 0 Å². The number of nitrogens with zero attached hydrogens (tertiary/aromatic N) is 1. The highest BCUT2D eigenvalue weighted by molar-refractivity contribution is 6.03. The second-order valence-electron chi connectivity index (χ2n) is 5.27. The van der Waals surface area contributed by atoms with Gasteiger partial charge in [-0.25, -0.2) is 0 Å². The number of esters is 1. The molecule has 0 saturated heterocycles. The van der Waals surface area contributed by atoms with Crippen molar-refractivity contribution >= 4 is 22.7 Å². The summed E-state index contributed by atoms with van der Waals surface area (Å²) >= 11 is 0. The highest BCUT2D eigenvalue weighted by Gasteiger charge is 2.37. The minimum atomic E-state index is -1.12. The number of aromatic nitrogens is 1. The Labute approximate surface area is 118 Å². The number of rotatable bonds is 5. The number of carbonyl (C=O) groups is 2. The molecule has 4 heteroatoms. The fourth-order valence-electron chi connectivity index (χ4n) is 2.06. The van der Waals surface area contributed by atoms with E-state index in [9.17, 15) is 9.59 Å². The average molecular weight is 273 g/mol. The van der Waals surface area contributed by atoms with Gasteiger partial charge in [0.25, 0.3) is 0 Å². The summed E-state index contributed by atoms with van der Waals surface area (Å²) in [6.07, 6.45) is 1.86. The maximum atomic E-state index is 12.4. The number of ether oxygens (including phenoxy) is 1. The summed E-state index contributed by atoms with van der Waals surface area (Å²) in [6, 6.07) is 9.80. The van der Waals surface area contributed by atoms with Crippen LogP contribution in [0.3, 0.4) is 0 Å². The van der Waals surface area contributed by atoms with Crippen LogP contribution in [-0.4, -0.2) is 22.9 Å². The standard InChI is InChI=1S/C16H19NO3/c1-4-20-15(19)16(2,3)14(18)11-17-10-9-12-7-5-6-8-13(12)17/h5-10H,4,11H2,1-3H3. The molecule has 0 spiro atoms. The Morgan fingerprint density at radius 2 is 1.90 bits per heavy atom. The quantitative estimate of drug-likeness (QED) is 0.621. The van der Waals surface area contributed by atoms with Gasteiger partial charge in [0.15, 0.2) is 5.78 Å². The Kier molecular flexibility index (Phi) is 3.93. The lowest BCUT2D eigenvalue weighted by atomic mass is 9.88. The molecule has 106 valence electrons. The Morgan fingerprint density at radius 3 is 2.60 bits per heavy atom. The van der Waals surface area contributed by atoms with Crippen molar-refractivity contribution < 1.29 is 14.3 Å². The van der Waals surface area contributed by atoms with Crippen LogP contribution < -0.4 is 0 Å². The first-order valence-electron chi connectivity index (χ1n) is 6.71. The van der Waals surface area contributed by atoms with Crippen molar-refractivity contribution in [2.75, 3.05) is 6.61 Å². The van der Waals surface area contributed by atoms with Gasteiger partial charge in [-0.05, 0) is 38.3 Å². The number of para-hydroxylation sites is 1. The van der Waals surface area contributed by atoms with Crippen LogP contribution in [0.15, 0.2) is 36.5 Å². The number of fused-ring (bicyclic) bond motifs is 1. The van der Waals surface area contributed by atoms with E-state index in [1.165, 1.54) is 0 Å². The van der Waals surface area contributed by atoms with E-state index in [0.717, 1.165) is 10.9 Å². The molecule has 0 fully saturated rings. The zero-order chi connectivity index (χ0) is 14.8. The minimum absolute atomic E-state index is 0.155. The van der Waals surface area contributed by atoms with Gasteiger partial charge in [0, 0.05) is 11.7 Å². The van der Waals surface area contributed by atoms with Gasteiger partial charge in [-0.3, -0.25) is 9.59 Å². The van der Waals surface area contributed by atoms with Gasteiger partial charge < -0.3 is 9.30 Å². The summed E-state index contributed by atoms with van der Waals surface area (Å²) in [5.74, 6) is -0.626. The number of carbonyl (C=O) groups excluding carboxylic acids is 2. The van der Waals surface area contributed by atoms with E-state index in [-0.39, 0.29) is 18.9 Å². The summed E-state index contributed by atoms with van der Waals surface area (Å²) in [7, 11) is 0. The maximum absolute atomic E-state index is 12.4. The normalized spacial score (nSPS) is 11.6. The average Bonchev–Trinajstić information content (AvgIpc) is 2.82. The smallest absolute Gasteiger partial charge is 0.319 e. The third-order valence-corrected chi connectivity index (χ3v) is 3.48. The molecule has 0 N–H and O–H groups in total. The molecule has 0 aliphatic carbocycles. The molecule has 20 heavy (non-hydrogen) atoms. The van der Waals surface area contributed by atoms with Crippen molar-refractivity contribution in [3.63, 3.8) is 0 Å². The van der Waals surface area contributed by atoms with E-state index < -0.39 is 11.4 Å². The summed E-state index contributed by atoms with van der Waals surface area (Å²) in [6.45, 7) is 5.40. The maximum Gasteiger partial charge on any atom is 0.319 e. The molecule has 1 aromatic carbocycles. The molecule has 0 radical (unpaired) electrons. The number of Topliss-reactive ketones (excluding diaryl/α,β-unsaturated/α-hetero) is 1. The predicted octanol–water partition coefficient (Wildman–Crippen LogP) is 2.80. The molecule has 0 unspecified atom stereocenters. The molecular weight excluding hydrogens is 254 g/mol. The first kappa shape index (κ1) is 14.3. The lowest BCUT2D eigenvalue weighted by molar-refractivity contribution is -0.158. The summed E-state index contributed by atoms with van der Waals surface area (Å²) in [5.41, 5.74) is -0.137. The van der Waals surface area contributed by atoms with E-state index in [4.69, 9.17) is 4.74 Å². The van der Waals surface area contributed by atoms with E-state index in [2.05, 4.69) is 0 Å². The van der Waals surface area contributed by atoms with Crippen LogP contribution in [-0.2, 0) is 20.9 Å². The van der Waals surface area contributed by atoms with Gasteiger partial charge in [0.1, 0.15) is 5.41 Å². The lowest BCUT2D eigenvalue weighted by Crippen LogP contribution is -2.37. The van der Waals surface area contributed by atoms with Gasteiger partial charge in [0.05, 0.1) is 13.2 Å². The Morgan fingerprint density at radius 1 is 1.20 bits per heavy atom. The molecule has 1 heterocycles. The van der Waals surface area contributed by atoms with Crippen LogP contribution in [0.1, 0.15) is 20.8 Å². The number of benzene rings is 1. The number of hydrogen-bond acceptors (Lipinski definition) is 3. The van der Waals surface area contributed by atoms with Crippen molar-refractivity contribution in [2.24, 2.45) is 5.41 Å². The van der Waals surface area contributed by atoms with E-state index in [1.54, 1.807) is 20.8 Å². The highest BCUT2D eigenvalue weighted by atomic mass is 16.5. The van der Waals surface area contributed by atoms with Crippen LogP contribution in [0.5, 0.6) is 0 Å². The molecule has 2 aromatic rings. The molecule has 0 aliphatic heterocycles. The van der Waals surface area contributed by atoms with Crippen molar-refractivity contribution in [2.45, 2.75) is 27.3 Å². The van der Waals surface area contributed by atoms with Gasteiger partial charge in [-0.15, -0.1) is 0 Å². The Balaban J connectivity index is 2.21. The van der Waals surface area contributed by atoms with Gasteiger partial charge >= 0.3 is 5.97 Å². The van der Waals surface area contributed by atoms with Crippen molar-refractivity contribution in [1.82, 2.24) is 4.57 Å². The molecule has 0 saturated carbocycles. The second kappa shape index (κ2) is 5.49. The molecule has 2 rings (SSSR count). The topological polar surface area (TPSA) is 48.3 Å². The van der Waals surface area contributed by atoms with E-state index >= 15 is 0 Å². The zero-order valence-electron chi connectivity index (χ0n) is 12.1. The fourth-order valence-corrected chi connectivity index (χ4v) is 2.06. The summed E-state index contributed by atoms with van der Waals surface area (Å²) < 4.78 is 6.83. The second-order valence-corrected chi connectivity index (χ2v) is 5.27. The molecule has 0 aliphatic rings. The first-order valence-corrected chi connectivity index (χ1v) is 6.71. The molecular formula is C16H19NO3. The van der Waals surface area contributed by atoms with Crippen LogP contribution in [0.25, 0.3) is 10.9 Å². The summed E-state index contributed by atoms with van der Waals surface area (Å²) in [4.78, 5) is 24.2. The van der Waals surface area contributed by atoms with Crippen molar-refractivity contribution in [3.05, 3.63) is 36.5 Å². The monoisotopic (exact) mass is 273 g/mol. The number of hydrogen-bond donors (Lipinski definition) is 0. The van der Waals surface area contributed by atoms with E-state index in [0.29, 0.717) is 0 Å². The molecule has 4 nitrogen and oxygen atoms in total. The molecule has 0 amide bonds. The Hall–Kier alpha value is -2.10. The Bertz CT molecular complexity index is 640. The van der Waals surface area contributed by atoms with Crippen LogP contribution >= 0.6 is 0 Å². The van der Waals surface area contributed by atoms with Crippen LogP contribution in [0.2, 0.25) is 0 Å². The first-order chi connectivity index (χ1) is 9.46. The third-order valence-electron chi connectivity index (χ3n) is 3.48. The van der Waals surface area contributed by atoms with Gasteiger partial charge in [-0.2, -0.15) is 0 Å². The van der Waals surface area contributed by atoms with Crippen molar-refractivity contribution in [3.8, 4) is 0 Å². The lowest BCUT2D eigenvalue weighted by Gasteiger charge is -2.21. The minimum Gasteiger partial charge on any atom is -0.465 e. The molecule has 0 atom stereocenters. The molecule has 1 aromatic heterocycles. The summed E-state index contributed by atoms with van der Waals surface area (Å²) in [5, 5.41) is 1.08. The predicted molar refractivity (Wildman–Crippen MR) is 77.4 cm³/mol. The molecule has 0 bridgehead atoms. The van der Waals surface area contributed by atoms with Gasteiger partial charge in [-0.1, -0.05) is 18.2 Å². The zero-order valence-corrected chi connectivity index (χ0v) is 12.1. The SMILES string of the molecule is CCOC(=O)C(C)(C)C(=O)Cn1ccc2ccccc21. The van der Waals surface area contributed by atoms with E-state index in [1.807, 2.05) is 41.1 Å². The van der Waals surface area contributed by atoms with Crippen LogP contribution in [0, 0.1) is 5.41 Å². The van der Waals surface area contributed by atoms with Crippen molar-refractivity contribution in [1.29, 1.82) is 0 Å². The largest absolute Gasteiger partial charge is 0.465 e. The van der Waals surface area contributed by atoms with Crippen LogP contribution in [0.4, 0.5) is 0 Å². The fraction of sp³-hybridized carbons (Fsp3) is 0.375.